The van der Waals surface area contributed by atoms with Crippen molar-refractivity contribution in [2.24, 2.45) is 5.41 Å². The molecule has 18 heavy (non-hydrogen) atoms. The minimum atomic E-state index is 0.521. The summed E-state index contributed by atoms with van der Waals surface area (Å²) in [4.78, 5) is 4.27. The van der Waals surface area contributed by atoms with Gasteiger partial charge in [0.1, 0.15) is 5.82 Å². The van der Waals surface area contributed by atoms with Crippen molar-refractivity contribution >= 4 is 0 Å². The molecule has 1 aliphatic carbocycles. The lowest BCUT2D eigenvalue weighted by Crippen LogP contribution is -2.44. The van der Waals surface area contributed by atoms with Crippen molar-refractivity contribution in [3.05, 3.63) is 18.2 Å². The summed E-state index contributed by atoms with van der Waals surface area (Å²) < 4.78 is 2.23. The van der Waals surface area contributed by atoms with Crippen LogP contribution in [-0.4, -0.2) is 22.1 Å². The van der Waals surface area contributed by atoms with Crippen LogP contribution >= 0.6 is 0 Å². The maximum atomic E-state index is 4.27. The van der Waals surface area contributed by atoms with Crippen molar-refractivity contribution in [1.29, 1.82) is 0 Å². The molecule has 1 aliphatic rings. The second-order valence-corrected chi connectivity index (χ2v) is 6.01. The quantitative estimate of drug-likeness (QED) is 0.804. The average Bonchev–Trinajstić information content (AvgIpc) is 2.68. The molecule has 0 aliphatic heterocycles. The molecule has 1 aromatic rings. The fourth-order valence-electron chi connectivity index (χ4n) is 3.07. The lowest BCUT2D eigenvalue weighted by Gasteiger charge is -2.43. The van der Waals surface area contributed by atoms with E-state index in [0.717, 1.165) is 12.4 Å². The number of rotatable bonds is 7. The Hall–Kier alpha value is -0.830. The van der Waals surface area contributed by atoms with Crippen LogP contribution in [0.3, 0.4) is 0 Å². The molecule has 1 saturated carbocycles. The molecule has 0 aromatic carbocycles. The predicted molar refractivity (Wildman–Crippen MR) is 75.6 cm³/mol. The Morgan fingerprint density at radius 3 is 2.78 bits per heavy atom. The summed E-state index contributed by atoms with van der Waals surface area (Å²) in [5.41, 5.74) is 0.618. The lowest BCUT2D eigenvalue weighted by molar-refractivity contribution is 0.110. The van der Waals surface area contributed by atoms with E-state index in [1.807, 2.05) is 6.20 Å². The molecule has 3 heteroatoms. The molecular formula is C15H27N3. The van der Waals surface area contributed by atoms with Crippen LogP contribution in [0.1, 0.15) is 51.8 Å². The first kappa shape index (κ1) is 13.6. The monoisotopic (exact) mass is 249 g/mol. The van der Waals surface area contributed by atoms with Crippen molar-refractivity contribution in [3.63, 3.8) is 0 Å². The van der Waals surface area contributed by atoms with E-state index in [9.17, 15) is 0 Å². The molecule has 1 atom stereocenters. The Morgan fingerprint density at radius 2 is 2.28 bits per heavy atom. The van der Waals surface area contributed by atoms with E-state index in [4.69, 9.17) is 0 Å². The van der Waals surface area contributed by atoms with E-state index >= 15 is 0 Å². The molecule has 3 nitrogen and oxygen atoms in total. The zero-order chi connectivity index (χ0) is 13.0. The van der Waals surface area contributed by atoms with Gasteiger partial charge < -0.3 is 9.88 Å². The molecule has 0 amide bonds. The maximum absolute atomic E-state index is 4.27. The van der Waals surface area contributed by atoms with E-state index in [1.54, 1.807) is 0 Å². The topological polar surface area (TPSA) is 29.9 Å². The SMILES string of the molecule is CCCC1(CN[C@@H](C)Cn2ccnc2C)CCC1. The Labute approximate surface area is 111 Å². The Morgan fingerprint density at radius 1 is 1.50 bits per heavy atom. The molecule has 1 N–H and O–H groups in total. The van der Waals surface area contributed by atoms with E-state index in [1.165, 1.54) is 38.6 Å². The number of aryl methyl sites for hydroxylation is 1. The van der Waals surface area contributed by atoms with Gasteiger partial charge in [0, 0.05) is 31.5 Å². The van der Waals surface area contributed by atoms with Gasteiger partial charge in [-0.1, -0.05) is 19.8 Å². The first-order valence-electron chi connectivity index (χ1n) is 7.36. The van der Waals surface area contributed by atoms with Crippen molar-refractivity contribution in [2.75, 3.05) is 6.54 Å². The maximum Gasteiger partial charge on any atom is 0.105 e. The Kier molecular flexibility index (Phi) is 4.44. The number of imidazole rings is 1. The van der Waals surface area contributed by atoms with Crippen LogP contribution in [0.4, 0.5) is 0 Å². The van der Waals surface area contributed by atoms with Gasteiger partial charge in [-0.05, 0) is 38.5 Å². The summed E-state index contributed by atoms with van der Waals surface area (Å²) >= 11 is 0. The zero-order valence-electron chi connectivity index (χ0n) is 12.1. The van der Waals surface area contributed by atoms with E-state index in [0.29, 0.717) is 11.5 Å². The first-order valence-corrected chi connectivity index (χ1v) is 7.36. The fourth-order valence-corrected chi connectivity index (χ4v) is 3.07. The molecule has 0 spiro atoms. The number of hydrogen-bond donors (Lipinski definition) is 1. The third-order valence-corrected chi connectivity index (χ3v) is 4.41. The molecule has 0 radical (unpaired) electrons. The molecule has 2 rings (SSSR count). The zero-order valence-corrected chi connectivity index (χ0v) is 12.1. The van der Waals surface area contributed by atoms with Crippen molar-refractivity contribution in [2.45, 2.75) is 65.5 Å². The standard InChI is InChI=1S/C15H27N3/c1-4-6-15(7-5-8-15)12-17-13(2)11-18-10-9-16-14(18)3/h9-10,13,17H,4-8,11-12H2,1-3H3/t13-/m0/s1. The predicted octanol–water partition coefficient (Wildman–Crippen LogP) is 3.14. The van der Waals surface area contributed by atoms with Gasteiger partial charge >= 0.3 is 0 Å². The smallest absolute Gasteiger partial charge is 0.105 e. The minimum Gasteiger partial charge on any atom is -0.334 e. The molecule has 0 bridgehead atoms. The summed E-state index contributed by atoms with van der Waals surface area (Å²) in [6.45, 7) is 8.86. The van der Waals surface area contributed by atoms with Crippen LogP contribution in [0, 0.1) is 12.3 Å². The second kappa shape index (κ2) is 5.87. The van der Waals surface area contributed by atoms with E-state index in [2.05, 4.69) is 41.8 Å². The second-order valence-electron chi connectivity index (χ2n) is 6.01. The van der Waals surface area contributed by atoms with Crippen LogP contribution in [0.15, 0.2) is 12.4 Å². The van der Waals surface area contributed by atoms with E-state index in [-0.39, 0.29) is 0 Å². The normalized spacial score (nSPS) is 19.5. The summed E-state index contributed by atoms with van der Waals surface area (Å²) in [6, 6.07) is 0.521. The van der Waals surface area contributed by atoms with Gasteiger partial charge in [0.25, 0.3) is 0 Å². The largest absolute Gasteiger partial charge is 0.334 e. The highest BCUT2D eigenvalue weighted by Gasteiger charge is 2.35. The summed E-state index contributed by atoms with van der Waals surface area (Å²) in [7, 11) is 0. The van der Waals surface area contributed by atoms with Gasteiger partial charge in [-0.15, -0.1) is 0 Å². The third-order valence-electron chi connectivity index (χ3n) is 4.41. The Balaban J connectivity index is 1.77. The highest BCUT2D eigenvalue weighted by molar-refractivity contribution is 4.92. The lowest BCUT2D eigenvalue weighted by atomic mass is 9.66. The summed E-state index contributed by atoms with van der Waals surface area (Å²) in [5.74, 6) is 1.11. The molecule has 1 fully saturated rings. The highest BCUT2D eigenvalue weighted by atomic mass is 15.1. The van der Waals surface area contributed by atoms with Gasteiger partial charge in [0.2, 0.25) is 0 Å². The summed E-state index contributed by atoms with van der Waals surface area (Å²) in [6.07, 6.45) is 10.9. The van der Waals surface area contributed by atoms with E-state index < -0.39 is 0 Å². The minimum absolute atomic E-state index is 0.521. The number of aromatic nitrogens is 2. The van der Waals surface area contributed by atoms with Crippen molar-refractivity contribution in [1.82, 2.24) is 14.9 Å². The van der Waals surface area contributed by atoms with Crippen LogP contribution in [-0.2, 0) is 6.54 Å². The Bertz CT molecular complexity index is 366. The third kappa shape index (κ3) is 3.14. The molecule has 102 valence electrons. The van der Waals surface area contributed by atoms with Gasteiger partial charge in [0.05, 0.1) is 0 Å². The van der Waals surface area contributed by atoms with Crippen molar-refractivity contribution in [3.8, 4) is 0 Å². The fraction of sp³-hybridized carbons (Fsp3) is 0.800. The highest BCUT2D eigenvalue weighted by Crippen LogP contribution is 2.44. The average molecular weight is 249 g/mol. The molecule has 0 unspecified atom stereocenters. The van der Waals surface area contributed by atoms with Gasteiger partial charge in [-0.2, -0.15) is 0 Å². The number of nitrogens with zero attached hydrogens (tertiary/aromatic N) is 2. The van der Waals surface area contributed by atoms with Gasteiger partial charge in [-0.3, -0.25) is 0 Å². The van der Waals surface area contributed by atoms with Crippen LogP contribution < -0.4 is 5.32 Å². The summed E-state index contributed by atoms with van der Waals surface area (Å²) in [5, 5.41) is 3.73. The number of hydrogen-bond acceptors (Lipinski definition) is 2. The van der Waals surface area contributed by atoms with Crippen LogP contribution in [0.2, 0.25) is 0 Å². The van der Waals surface area contributed by atoms with Crippen LogP contribution in [0.25, 0.3) is 0 Å². The molecular weight excluding hydrogens is 222 g/mol. The van der Waals surface area contributed by atoms with Crippen molar-refractivity contribution < 1.29 is 0 Å². The first-order chi connectivity index (χ1) is 8.65. The van der Waals surface area contributed by atoms with Crippen LogP contribution in [0.5, 0.6) is 0 Å². The molecule has 1 heterocycles. The number of nitrogens with one attached hydrogen (secondary N) is 1. The van der Waals surface area contributed by atoms with Gasteiger partial charge in [0.15, 0.2) is 0 Å². The van der Waals surface area contributed by atoms with Gasteiger partial charge in [-0.25, -0.2) is 4.98 Å². The molecule has 0 saturated heterocycles. The molecule has 1 aromatic heterocycles.